The van der Waals surface area contributed by atoms with E-state index in [-0.39, 0.29) is 5.91 Å². The number of likely N-dealkylation sites (N-methyl/N-ethyl adjacent to an activating group) is 1. The van der Waals surface area contributed by atoms with E-state index in [4.69, 9.17) is 0 Å². The summed E-state index contributed by atoms with van der Waals surface area (Å²) in [5.41, 5.74) is 0. The van der Waals surface area contributed by atoms with Crippen LogP contribution in [0, 0.1) is 0 Å². The minimum absolute atomic E-state index is 0.0971. The first kappa shape index (κ1) is 12.2. The second-order valence-electron chi connectivity index (χ2n) is 3.80. The van der Waals surface area contributed by atoms with E-state index in [9.17, 15) is 4.79 Å². The van der Waals surface area contributed by atoms with E-state index >= 15 is 0 Å². The van der Waals surface area contributed by atoms with Crippen LogP contribution in [0.15, 0.2) is 12.7 Å². The predicted octanol–water partition coefficient (Wildman–Crippen LogP) is -0.0739. The second kappa shape index (κ2) is 6.58. The number of piperazine rings is 1. The summed E-state index contributed by atoms with van der Waals surface area (Å²) in [5, 5.41) is 2.79. The first-order chi connectivity index (χ1) is 7.26. The van der Waals surface area contributed by atoms with Crippen LogP contribution in [0.2, 0.25) is 0 Å². The molecule has 0 aromatic rings. The quantitative estimate of drug-likeness (QED) is 0.646. The van der Waals surface area contributed by atoms with E-state index in [1.165, 1.54) is 0 Å². The maximum absolute atomic E-state index is 11.4. The van der Waals surface area contributed by atoms with Crippen molar-refractivity contribution in [2.75, 3.05) is 45.8 Å². The fourth-order valence-corrected chi connectivity index (χ4v) is 1.71. The molecule has 0 unspecified atom stereocenters. The lowest BCUT2D eigenvalue weighted by Gasteiger charge is -2.33. The van der Waals surface area contributed by atoms with E-state index in [0.29, 0.717) is 13.1 Å². The number of amides is 1. The third-order valence-electron chi connectivity index (χ3n) is 2.72. The molecule has 1 aliphatic rings. The van der Waals surface area contributed by atoms with E-state index in [0.717, 1.165) is 32.7 Å². The summed E-state index contributed by atoms with van der Waals surface area (Å²) in [5.74, 6) is 0.0971. The summed E-state index contributed by atoms with van der Waals surface area (Å²) in [6.07, 6.45) is 1.70. The molecular weight excluding hydrogens is 190 g/mol. The van der Waals surface area contributed by atoms with Gasteiger partial charge in [-0.05, 0) is 6.54 Å². The average molecular weight is 211 g/mol. The molecule has 1 amide bonds. The molecule has 0 aromatic heterocycles. The maximum atomic E-state index is 11.4. The number of hydrogen-bond donors (Lipinski definition) is 1. The minimum Gasteiger partial charge on any atom is -0.352 e. The SMILES string of the molecule is C=CCNC(=O)CN1CCN(CC)CC1. The van der Waals surface area contributed by atoms with Crippen molar-refractivity contribution in [1.82, 2.24) is 15.1 Å². The van der Waals surface area contributed by atoms with Gasteiger partial charge in [0.2, 0.25) is 5.91 Å². The van der Waals surface area contributed by atoms with Gasteiger partial charge in [0.15, 0.2) is 0 Å². The Morgan fingerprint density at radius 2 is 1.93 bits per heavy atom. The number of carbonyl (C=O) groups excluding carboxylic acids is 1. The van der Waals surface area contributed by atoms with Crippen molar-refractivity contribution in [2.45, 2.75) is 6.92 Å². The van der Waals surface area contributed by atoms with E-state index in [2.05, 4.69) is 28.6 Å². The summed E-state index contributed by atoms with van der Waals surface area (Å²) >= 11 is 0. The van der Waals surface area contributed by atoms with Crippen LogP contribution in [0.1, 0.15) is 6.92 Å². The molecule has 1 rings (SSSR count). The molecular formula is C11H21N3O. The fraction of sp³-hybridized carbons (Fsp3) is 0.727. The summed E-state index contributed by atoms with van der Waals surface area (Å²) in [6, 6.07) is 0. The molecule has 15 heavy (non-hydrogen) atoms. The van der Waals surface area contributed by atoms with Crippen LogP contribution in [0.5, 0.6) is 0 Å². The van der Waals surface area contributed by atoms with Crippen molar-refractivity contribution < 1.29 is 4.79 Å². The standard InChI is InChI=1S/C11H21N3O/c1-3-5-12-11(15)10-14-8-6-13(4-2)7-9-14/h3H,1,4-10H2,2H3,(H,12,15). The van der Waals surface area contributed by atoms with Crippen LogP contribution in [0.4, 0.5) is 0 Å². The first-order valence-corrected chi connectivity index (χ1v) is 5.58. The van der Waals surface area contributed by atoms with Gasteiger partial charge in [-0.25, -0.2) is 0 Å². The highest BCUT2D eigenvalue weighted by Gasteiger charge is 2.17. The highest BCUT2D eigenvalue weighted by molar-refractivity contribution is 5.78. The second-order valence-corrected chi connectivity index (χ2v) is 3.80. The zero-order chi connectivity index (χ0) is 11.1. The number of carbonyl (C=O) groups is 1. The van der Waals surface area contributed by atoms with Crippen LogP contribution in [-0.2, 0) is 4.79 Å². The molecule has 86 valence electrons. The van der Waals surface area contributed by atoms with Crippen molar-refractivity contribution in [3.63, 3.8) is 0 Å². The molecule has 0 aromatic carbocycles. The number of nitrogens with zero attached hydrogens (tertiary/aromatic N) is 2. The molecule has 1 N–H and O–H groups in total. The largest absolute Gasteiger partial charge is 0.352 e. The molecule has 1 fully saturated rings. The third kappa shape index (κ3) is 4.44. The van der Waals surface area contributed by atoms with Crippen LogP contribution >= 0.6 is 0 Å². The number of nitrogens with one attached hydrogen (secondary N) is 1. The Morgan fingerprint density at radius 1 is 1.33 bits per heavy atom. The zero-order valence-electron chi connectivity index (χ0n) is 9.54. The zero-order valence-corrected chi connectivity index (χ0v) is 9.54. The van der Waals surface area contributed by atoms with Crippen molar-refractivity contribution >= 4 is 5.91 Å². The van der Waals surface area contributed by atoms with Crippen molar-refractivity contribution in [3.8, 4) is 0 Å². The molecule has 1 aliphatic heterocycles. The third-order valence-corrected chi connectivity index (χ3v) is 2.72. The molecule has 0 bridgehead atoms. The van der Waals surface area contributed by atoms with Gasteiger partial charge in [0.1, 0.15) is 0 Å². The first-order valence-electron chi connectivity index (χ1n) is 5.58. The molecule has 0 saturated carbocycles. The van der Waals surface area contributed by atoms with Crippen LogP contribution in [-0.4, -0.2) is 61.5 Å². The summed E-state index contributed by atoms with van der Waals surface area (Å²) in [4.78, 5) is 16.0. The Labute approximate surface area is 91.9 Å². The average Bonchev–Trinajstić information content (AvgIpc) is 2.27. The van der Waals surface area contributed by atoms with Gasteiger partial charge in [-0.3, -0.25) is 9.69 Å². The molecule has 0 aliphatic carbocycles. The molecule has 4 heteroatoms. The van der Waals surface area contributed by atoms with Crippen molar-refractivity contribution in [1.29, 1.82) is 0 Å². The molecule has 0 atom stereocenters. The lowest BCUT2D eigenvalue weighted by atomic mass is 10.3. The highest BCUT2D eigenvalue weighted by atomic mass is 16.2. The predicted molar refractivity (Wildman–Crippen MR) is 61.8 cm³/mol. The molecule has 4 nitrogen and oxygen atoms in total. The monoisotopic (exact) mass is 211 g/mol. The van der Waals surface area contributed by atoms with Gasteiger partial charge in [0.25, 0.3) is 0 Å². The van der Waals surface area contributed by atoms with Crippen LogP contribution in [0.25, 0.3) is 0 Å². The lowest BCUT2D eigenvalue weighted by molar-refractivity contribution is -0.122. The Bertz CT molecular complexity index is 210. The lowest BCUT2D eigenvalue weighted by Crippen LogP contribution is -2.49. The van der Waals surface area contributed by atoms with E-state index in [1.54, 1.807) is 6.08 Å². The molecule has 1 heterocycles. The topological polar surface area (TPSA) is 35.6 Å². The Balaban J connectivity index is 2.17. The van der Waals surface area contributed by atoms with Gasteiger partial charge in [0, 0.05) is 32.7 Å². The van der Waals surface area contributed by atoms with Crippen molar-refractivity contribution in [2.24, 2.45) is 0 Å². The molecule has 1 saturated heterocycles. The highest BCUT2D eigenvalue weighted by Crippen LogP contribution is 2.00. The van der Waals surface area contributed by atoms with Gasteiger partial charge in [-0.1, -0.05) is 13.0 Å². The maximum Gasteiger partial charge on any atom is 0.234 e. The Morgan fingerprint density at radius 3 is 2.47 bits per heavy atom. The van der Waals surface area contributed by atoms with Gasteiger partial charge < -0.3 is 10.2 Å². The van der Waals surface area contributed by atoms with Gasteiger partial charge in [0.05, 0.1) is 6.54 Å². The van der Waals surface area contributed by atoms with Crippen molar-refractivity contribution in [3.05, 3.63) is 12.7 Å². The van der Waals surface area contributed by atoms with Gasteiger partial charge in [-0.15, -0.1) is 6.58 Å². The number of rotatable bonds is 5. The fourth-order valence-electron chi connectivity index (χ4n) is 1.71. The summed E-state index contributed by atoms with van der Waals surface area (Å²) in [6.45, 7) is 12.1. The van der Waals surface area contributed by atoms with Gasteiger partial charge in [-0.2, -0.15) is 0 Å². The van der Waals surface area contributed by atoms with E-state index < -0.39 is 0 Å². The van der Waals surface area contributed by atoms with Crippen LogP contribution < -0.4 is 5.32 Å². The molecule has 0 radical (unpaired) electrons. The summed E-state index contributed by atoms with van der Waals surface area (Å²) < 4.78 is 0. The smallest absolute Gasteiger partial charge is 0.234 e. The Hall–Kier alpha value is -0.870. The minimum atomic E-state index is 0.0971. The van der Waals surface area contributed by atoms with Crippen LogP contribution in [0.3, 0.4) is 0 Å². The number of hydrogen-bond acceptors (Lipinski definition) is 3. The van der Waals surface area contributed by atoms with Gasteiger partial charge >= 0.3 is 0 Å². The Kier molecular flexibility index (Phi) is 5.36. The summed E-state index contributed by atoms with van der Waals surface area (Å²) in [7, 11) is 0. The normalized spacial score (nSPS) is 18.7. The molecule has 0 spiro atoms. The van der Waals surface area contributed by atoms with E-state index in [1.807, 2.05) is 0 Å².